The smallest absolute Gasteiger partial charge is 0.214 e. The number of hydrogen-bond acceptors (Lipinski definition) is 3. The van der Waals surface area contributed by atoms with Crippen LogP contribution in [0.3, 0.4) is 0 Å². The highest BCUT2D eigenvalue weighted by Gasteiger charge is 2.10. The van der Waals surface area contributed by atoms with Crippen molar-refractivity contribution in [2.24, 2.45) is 5.92 Å². The van der Waals surface area contributed by atoms with Crippen LogP contribution >= 0.6 is 0 Å². The Balaban J connectivity index is 1.65. The quantitative estimate of drug-likeness (QED) is 0.417. The van der Waals surface area contributed by atoms with Crippen molar-refractivity contribution in [3.63, 3.8) is 0 Å². The number of aromatic nitrogens is 2. The fourth-order valence-electron chi connectivity index (χ4n) is 3.73. The molecule has 0 fully saturated rings. The molecule has 0 bridgehead atoms. The fourth-order valence-corrected chi connectivity index (χ4v) is 3.73. The van der Waals surface area contributed by atoms with Crippen molar-refractivity contribution >= 4 is 0 Å². The number of nitrogens with zero attached hydrogens (tertiary/aromatic N) is 2. The van der Waals surface area contributed by atoms with Gasteiger partial charge in [-0.2, -0.15) is 4.98 Å². The van der Waals surface area contributed by atoms with E-state index in [1.54, 1.807) is 6.07 Å². The fraction of sp³-hybridized carbons (Fsp3) is 0.185. The molecule has 1 N–H and O–H groups in total. The molecule has 0 saturated heterocycles. The highest BCUT2D eigenvalue weighted by Crippen LogP contribution is 2.27. The van der Waals surface area contributed by atoms with Gasteiger partial charge < -0.3 is 5.11 Å². The molecule has 1 heterocycles. The summed E-state index contributed by atoms with van der Waals surface area (Å²) in [6.07, 6.45) is 1.71. The highest BCUT2D eigenvalue weighted by atomic mass is 16.3. The molecular formula is C27H26N2O. The minimum atomic E-state index is -0.00521. The first-order valence-electron chi connectivity index (χ1n) is 10.4. The van der Waals surface area contributed by atoms with Crippen molar-refractivity contribution in [2.75, 3.05) is 0 Å². The molecule has 4 aromatic rings. The van der Waals surface area contributed by atoms with Gasteiger partial charge in [0.05, 0.1) is 5.69 Å². The van der Waals surface area contributed by atoms with Crippen LogP contribution in [0, 0.1) is 5.92 Å². The van der Waals surface area contributed by atoms with Gasteiger partial charge in [0.1, 0.15) is 0 Å². The lowest BCUT2D eigenvalue weighted by atomic mass is 9.94. The molecule has 0 spiro atoms. The first kappa shape index (κ1) is 19.8. The van der Waals surface area contributed by atoms with Gasteiger partial charge in [-0.3, -0.25) is 0 Å². The summed E-state index contributed by atoms with van der Waals surface area (Å²) in [6, 6.07) is 28.6. The molecule has 0 radical (unpaired) electrons. The summed E-state index contributed by atoms with van der Waals surface area (Å²) in [5, 5.41) is 10.2. The molecule has 3 aromatic carbocycles. The molecule has 0 atom stereocenters. The average molecular weight is 395 g/mol. The molecule has 0 saturated carbocycles. The maximum atomic E-state index is 10.2. The Morgan fingerprint density at radius 3 is 2.20 bits per heavy atom. The third kappa shape index (κ3) is 4.74. The predicted molar refractivity (Wildman–Crippen MR) is 122 cm³/mol. The van der Waals surface area contributed by atoms with E-state index in [-0.39, 0.29) is 5.88 Å². The Morgan fingerprint density at radius 1 is 0.767 bits per heavy atom. The molecule has 1 aromatic heterocycles. The minimum absolute atomic E-state index is 0.00521. The van der Waals surface area contributed by atoms with Crippen LogP contribution in [0.25, 0.3) is 22.5 Å². The number of aromatic hydroxyl groups is 1. The lowest BCUT2D eigenvalue weighted by Crippen LogP contribution is -1.99. The topological polar surface area (TPSA) is 46.0 Å². The van der Waals surface area contributed by atoms with Crippen molar-refractivity contribution < 1.29 is 5.11 Å². The van der Waals surface area contributed by atoms with Crippen LogP contribution in [0.5, 0.6) is 5.88 Å². The van der Waals surface area contributed by atoms with Crippen molar-refractivity contribution in [2.45, 2.75) is 26.7 Å². The second-order valence-electron chi connectivity index (χ2n) is 8.04. The van der Waals surface area contributed by atoms with E-state index in [9.17, 15) is 5.11 Å². The molecule has 3 heteroatoms. The van der Waals surface area contributed by atoms with E-state index >= 15 is 0 Å². The van der Waals surface area contributed by atoms with E-state index in [2.05, 4.69) is 61.3 Å². The maximum Gasteiger partial charge on any atom is 0.214 e. The Morgan fingerprint density at radius 2 is 1.47 bits per heavy atom. The summed E-state index contributed by atoms with van der Waals surface area (Å²) >= 11 is 0. The van der Waals surface area contributed by atoms with Gasteiger partial charge in [0, 0.05) is 18.1 Å². The van der Waals surface area contributed by atoms with Crippen LogP contribution in [0.2, 0.25) is 0 Å². The van der Waals surface area contributed by atoms with Gasteiger partial charge in [0.15, 0.2) is 5.82 Å². The summed E-state index contributed by atoms with van der Waals surface area (Å²) < 4.78 is 0. The number of rotatable bonds is 6. The molecule has 0 aliphatic carbocycles. The van der Waals surface area contributed by atoms with E-state index < -0.39 is 0 Å². The lowest BCUT2D eigenvalue weighted by molar-refractivity contribution is 0.452. The molecule has 0 aliphatic heterocycles. The summed E-state index contributed by atoms with van der Waals surface area (Å²) in [4.78, 5) is 8.91. The molecule has 30 heavy (non-hydrogen) atoms. The largest absolute Gasteiger partial charge is 0.493 e. The standard InChI is InChI=1S/C27H26N2O/c1-19(2)16-20-12-14-21(15-13-20)25-11-7-6-10-23(25)17-24-18-26(30)29-27(28-24)22-8-4-3-5-9-22/h3-15,18-19H,16-17H2,1-2H3,(H,28,29,30). The van der Waals surface area contributed by atoms with Gasteiger partial charge >= 0.3 is 0 Å². The Kier molecular flexibility index (Phi) is 5.89. The average Bonchev–Trinajstić information content (AvgIpc) is 2.75. The van der Waals surface area contributed by atoms with Crippen molar-refractivity contribution in [1.29, 1.82) is 0 Å². The number of hydrogen-bond donors (Lipinski definition) is 1. The summed E-state index contributed by atoms with van der Waals surface area (Å²) in [5.41, 5.74) is 6.60. The van der Waals surface area contributed by atoms with Crippen LogP contribution in [0.1, 0.15) is 30.7 Å². The van der Waals surface area contributed by atoms with Gasteiger partial charge in [-0.25, -0.2) is 4.98 Å². The SMILES string of the molecule is CC(C)Cc1ccc(-c2ccccc2Cc2cc(O)nc(-c3ccccc3)n2)cc1. The van der Waals surface area contributed by atoms with Crippen LogP contribution in [-0.4, -0.2) is 15.1 Å². The normalized spacial score (nSPS) is 11.0. The van der Waals surface area contributed by atoms with Gasteiger partial charge in [-0.15, -0.1) is 0 Å². The highest BCUT2D eigenvalue weighted by molar-refractivity contribution is 5.68. The second kappa shape index (κ2) is 8.91. The van der Waals surface area contributed by atoms with E-state index in [1.807, 2.05) is 36.4 Å². The van der Waals surface area contributed by atoms with Crippen LogP contribution in [0.15, 0.2) is 84.9 Å². The Bertz CT molecular complexity index is 1120. The zero-order valence-corrected chi connectivity index (χ0v) is 17.4. The summed E-state index contributed by atoms with van der Waals surface area (Å²) in [5.74, 6) is 1.18. The molecule has 0 amide bonds. The molecule has 150 valence electrons. The van der Waals surface area contributed by atoms with Crippen LogP contribution in [-0.2, 0) is 12.8 Å². The van der Waals surface area contributed by atoms with Gasteiger partial charge in [-0.05, 0) is 34.6 Å². The number of benzene rings is 3. The predicted octanol–water partition coefficient (Wildman–Crippen LogP) is 6.31. The lowest BCUT2D eigenvalue weighted by Gasteiger charge is -2.12. The monoisotopic (exact) mass is 394 g/mol. The molecule has 0 unspecified atom stereocenters. The first-order chi connectivity index (χ1) is 14.6. The van der Waals surface area contributed by atoms with Crippen LogP contribution < -0.4 is 0 Å². The molecule has 3 nitrogen and oxygen atoms in total. The van der Waals surface area contributed by atoms with Crippen LogP contribution in [0.4, 0.5) is 0 Å². The summed E-state index contributed by atoms with van der Waals surface area (Å²) in [6.45, 7) is 4.48. The second-order valence-corrected chi connectivity index (χ2v) is 8.04. The van der Waals surface area contributed by atoms with Crippen molar-refractivity contribution in [3.05, 3.63) is 102 Å². The summed E-state index contributed by atoms with van der Waals surface area (Å²) in [7, 11) is 0. The zero-order valence-electron chi connectivity index (χ0n) is 17.4. The Hall–Kier alpha value is -3.46. The van der Waals surface area contributed by atoms with E-state index in [4.69, 9.17) is 4.98 Å². The zero-order chi connectivity index (χ0) is 20.9. The maximum absolute atomic E-state index is 10.2. The van der Waals surface area contributed by atoms with Gasteiger partial charge in [0.25, 0.3) is 0 Å². The van der Waals surface area contributed by atoms with Gasteiger partial charge in [-0.1, -0.05) is 92.7 Å². The third-order valence-corrected chi connectivity index (χ3v) is 5.10. The van der Waals surface area contributed by atoms with E-state index in [1.165, 1.54) is 22.3 Å². The van der Waals surface area contributed by atoms with Crippen molar-refractivity contribution in [3.8, 4) is 28.4 Å². The van der Waals surface area contributed by atoms with E-state index in [0.717, 1.165) is 17.7 Å². The van der Waals surface area contributed by atoms with Crippen molar-refractivity contribution in [1.82, 2.24) is 9.97 Å². The Labute approximate surface area is 178 Å². The molecule has 4 rings (SSSR count). The van der Waals surface area contributed by atoms with E-state index in [0.29, 0.717) is 18.2 Å². The third-order valence-electron chi connectivity index (χ3n) is 5.10. The molecular weight excluding hydrogens is 368 g/mol. The molecule has 0 aliphatic rings. The first-order valence-corrected chi connectivity index (χ1v) is 10.4. The van der Waals surface area contributed by atoms with Gasteiger partial charge in [0.2, 0.25) is 5.88 Å². The minimum Gasteiger partial charge on any atom is -0.493 e.